The van der Waals surface area contributed by atoms with E-state index < -0.39 is 0 Å². The Morgan fingerprint density at radius 2 is 1.84 bits per heavy atom. The maximum absolute atomic E-state index is 11.9. The molecule has 0 fully saturated rings. The SMILES string of the molecule is CC(C)c1ccc(C(=O)CNCCCN(C)C)cc1. The van der Waals surface area contributed by atoms with Crippen molar-refractivity contribution in [1.29, 1.82) is 0 Å². The molecule has 0 saturated heterocycles. The van der Waals surface area contributed by atoms with E-state index in [9.17, 15) is 4.79 Å². The third-order valence-electron chi connectivity index (χ3n) is 3.14. The van der Waals surface area contributed by atoms with Crippen molar-refractivity contribution in [3.05, 3.63) is 35.4 Å². The molecule has 0 saturated carbocycles. The Bertz CT molecular complexity index is 382. The molecule has 1 N–H and O–H groups in total. The zero-order valence-corrected chi connectivity index (χ0v) is 12.6. The number of ketones is 1. The first-order valence-electron chi connectivity index (χ1n) is 6.99. The summed E-state index contributed by atoms with van der Waals surface area (Å²) in [5.41, 5.74) is 2.07. The highest BCUT2D eigenvalue weighted by atomic mass is 16.1. The van der Waals surface area contributed by atoms with Gasteiger partial charge in [0.2, 0.25) is 0 Å². The van der Waals surface area contributed by atoms with Crippen LogP contribution in [0.4, 0.5) is 0 Å². The van der Waals surface area contributed by atoms with Crippen molar-refractivity contribution in [3.8, 4) is 0 Å². The lowest BCUT2D eigenvalue weighted by Crippen LogP contribution is -2.26. The zero-order chi connectivity index (χ0) is 14.3. The monoisotopic (exact) mass is 262 g/mol. The van der Waals surface area contributed by atoms with Gasteiger partial charge in [0.25, 0.3) is 0 Å². The Balaban J connectivity index is 2.33. The lowest BCUT2D eigenvalue weighted by molar-refractivity contribution is 0.0991. The van der Waals surface area contributed by atoms with Crippen LogP contribution in [-0.2, 0) is 0 Å². The van der Waals surface area contributed by atoms with E-state index in [0.29, 0.717) is 12.5 Å². The van der Waals surface area contributed by atoms with Gasteiger partial charge in [0.05, 0.1) is 6.54 Å². The molecule has 0 aromatic heterocycles. The molecule has 0 heterocycles. The van der Waals surface area contributed by atoms with E-state index in [4.69, 9.17) is 0 Å². The molecule has 1 aromatic carbocycles. The second kappa shape index (κ2) is 8.08. The van der Waals surface area contributed by atoms with Gasteiger partial charge < -0.3 is 10.2 Å². The van der Waals surface area contributed by atoms with Gasteiger partial charge in [0, 0.05) is 5.56 Å². The van der Waals surface area contributed by atoms with E-state index in [-0.39, 0.29) is 5.78 Å². The molecular weight excluding hydrogens is 236 g/mol. The molecule has 3 nitrogen and oxygen atoms in total. The number of carbonyl (C=O) groups excluding carboxylic acids is 1. The molecule has 0 unspecified atom stereocenters. The first-order chi connectivity index (χ1) is 9.00. The molecule has 19 heavy (non-hydrogen) atoms. The fourth-order valence-corrected chi connectivity index (χ4v) is 1.88. The molecule has 0 bridgehead atoms. The first kappa shape index (κ1) is 15.9. The Hall–Kier alpha value is -1.19. The predicted molar refractivity (Wildman–Crippen MR) is 80.9 cm³/mol. The van der Waals surface area contributed by atoms with E-state index in [1.807, 2.05) is 24.3 Å². The van der Waals surface area contributed by atoms with Crippen LogP contribution in [0.5, 0.6) is 0 Å². The van der Waals surface area contributed by atoms with Gasteiger partial charge in [0.15, 0.2) is 5.78 Å². The second-order valence-electron chi connectivity index (χ2n) is 5.53. The van der Waals surface area contributed by atoms with Crippen molar-refractivity contribution in [3.63, 3.8) is 0 Å². The van der Waals surface area contributed by atoms with Gasteiger partial charge in [-0.2, -0.15) is 0 Å². The summed E-state index contributed by atoms with van der Waals surface area (Å²) in [4.78, 5) is 14.1. The number of Topliss-reactive ketones (excluding diaryl/α,β-unsaturated/α-hetero) is 1. The number of hydrogen-bond donors (Lipinski definition) is 1. The van der Waals surface area contributed by atoms with Crippen LogP contribution in [0, 0.1) is 0 Å². The molecule has 0 spiro atoms. The van der Waals surface area contributed by atoms with Crippen LogP contribution in [0.15, 0.2) is 24.3 Å². The van der Waals surface area contributed by atoms with E-state index in [2.05, 4.69) is 38.2 Å². The highest BCUT2D eigenvalue weighted by Crippen LogP contribution is 2.14. The Kier molecular flexibility index (Phi) is 6.74. The largest absolute Gasteiger partial charge is 0.310 e. The van der Waals surface area contributed by atoms with Crippen LogP contribution in [0.2, 0.25) is 0 Å². The minimum Gasteiger partial charge on any atom is -0.310 e. The molecule has 0 aliphatic rings. The number of hydrogen-bond acceptors (Lipinski definition) is 3. The van der Waals surface area contributed by atoms with E-state index >= 15 is 0 Å². The van der Waals surface area contributed by atoms with Gasteiger partial charge in [-0.25, -0.2) is 0 Å². The van der Waals surface area contributed by atoms with Crippen molar-refractivity contribution in [2.24, 2.45) is 0 Å². The average molecular weight is 262 g/mol. The number of nitrogens with one attached hydrogen (secondary N) is 1. The summed E-state index contributed by atoms with van der Waals surface area (Å²) >= 11 is 0. The molecule has 106 valence electrons. The number of carbonyl (C=O) groups is 1. The van der Waals surface area contributed by atoms with Crippen LogP contribution in [0.3, 0.4) is 0 Å². The number of benzene rings is 1. The van der Waals surface area contributed by atoms with Gasteiger partial charge >= 0.3 is 0 Å². The summed E-state index contributed by atoms with van der Waals surface area (Å²) in [6, 6.07) is 7.95. The van der Waals surface area contributed by atoms with Crippen LogP contribution >= 0.6 is 0 Å². The van der Waals surface area contributed by atoms with Crippen molar-refractivity contribution in [1.82, 2.24) is 10.2 Å². The zero-order valence-electron chi connectivity index (χ0n) is 12.6. The minimum atomic E-state index is 0.167. The highest BCUT2D eigenvalue weighted by molar-refractivity contribution is 5.97. The van der Waals surface area contributed by atoms with Gasteiger partial charge in [-0.1, -0.05) is 38.1 Å². The molecule has 3 heteroatoms. The Morgan fingerprint density at radius 3 is 2.37 bits per heavy atom. The Morgan fingerprint density at radius 1 is 1.21 bits per heavy atom. The van der Waals surface area contributed by atoms with Crippen LogP contribution < -0.4 is 5.32 Å². The third-order valence-corrected chi connectivity index (χ3v) is 3.14. The summed E-state index contributed by atoms with van der Waals surface area (Å²) in [5.74, 6) is 0.675. The van der Waals surface area contributed by atoms with Crippen molar-refractivity contribution in [2.75, 3.05) is 33.7 Å². The van der Waals surface area contributed by atoms with Gasteiger partial charge in [-0.3, -0.25) is 4.79 Å². The number of nitrogens with zero attached hydrogens (tertiary/aromatic N) is 1. The molecule has 0 radical (unpaired) electrons. The van der Waals surface area contributed by atoms with Crippen LogP contribution in [-0.4, -0.2) is 44.4 Å². The topological polar surface area (TPSA) is 32.3 Å². The maximum Gasteiger partial charge on any atom is 0.176 e. The second-order valence-corrected chi connectivity index (χ2v) is 5.53. The molecule has 1 rings (SSSR count). The van der Waals surface area contributed by atoms with E-state index in [1.165, 1.54) is 5.56 Å². The number of rotatable bonds is 8. The van der Waals surface area contributed by atoms with E-state index in [1.54, 1.807) is 0 Å². The summed E-state index contributed by atoms with van der Waals surface area (Å²) in [6.45, 7) is 6.67. The van der Waals surface area contributed by atoms with E-state index in [0.717, 1.165) is 25.1 Å². The first-order valence-corrected chi connectivity index (χ1v) is 6.99. The molecule has 0 amide bonds. The normalized spacial score (nSPS) is 11.3. The lowest BCUT2D eigenvalue weighted by Gasteiger charge is -2.10. The molecule has 0 atom stereocenters. The summed E-state index contributed by atoms with van der Waals surface area (Å²) in [7, 11) is 4.11. The predicted octanol–water partition coefficient (Wildman–Crippen LogP) is 2.53. The van der Waals surface area contributed by atoms with Crippen molar-refractivity contribution in [2.45, 2.75) is 26.2 Å². The Labute approximate surface area is 117 Å². The smallest absolute Gasteiger partial charge is 0.176 e. The van der Waals surface area contributed by atoms with Gasteiger partial charge in [-0.05, 0) is 45.1 Å². The van der Waals surface area contributed by atoms with Gasteiger partial charge in [0.1, 0.15) is 0 Å². The highest BCUT2D eigenvalue weighted by Gasteiger charge is 2.06. The standard InChI is InChI=1S/C16H26N2O/c1-13(2)14-6-8-15(9-7-14)16(19)12-17-10-5-11-18(3)4/h6-9,13,17H,5,10-12H2,1-4H3. The fourth-order valence-electron chi connectivity index (χ4n) is 1.88. The molecule has 0 aliphatic carbocycles. The quantitative estimate of drug-likeness (QED) is 0.577. The van der Waals surface area contributed by atoms with Gasteiger partial charge in [-0.15, -0.1) is 0 Å². The van der Waals surface area contributed by atoms with Crippen LogP contribution in [0.1, 0.15) is 42.1 Å². The fraction of sp³-hybridized carbons (Fsp3) is 0.562. The summed E-state index contributed by atoms with van der Waals surface area (Å²) < 4.78 is 0. The van der Waals surface area contributed by atoms with Crippen molar-refractivity contribution < 1.29 is 4.79 Å². The maximum atomic E-state index is 11.9. The van der Waals surface area contributed by atoms with Crippen LogP contribution in [0.25, 0.3) is 0 Å². The lowest BCUT2D eigenvalue weighted by atomic mass is 10.0. The van der Waals surface area contributed by atoms with Crippen molar-refractivity contribution >= 4 is 5.78 Å². The minimum absolute atomic E-state index is 0.167. The molecule has 0 aliphatic heterocycles. The third kappa shape index (κ3) is 5.99. The average Bonchev–Trinajstić information content (AvgIpc) is 2.37. The molecule has 1 aromatic rings. The summed E-state index contributed by atoms with van der Waals surface area (Å²) in [6.07, 6.45) is 1.06. The molecular formula is C16H26N2O. The summed E-state index contributed by atoms with van der Waals surface area (Å²) in [5, 5.41) is 3.20.